The highest BCUT2D eigenvalue weighted by atomic mass is 16.6. The van der Waals surface area contributed by atoms with E-state index in [-0.39, 0.29) is 6.61 Å². The van der Waals surface area contributed by atoms with E-state index in [2.05, 4.69) is 0 Å². The Morgan fingerprint density at radius 2 is 1.77 bits per heavy atom. The van der Waals surface area contributed by atoms with Crippen LogP contribution in [0, 0.1) is 0 Å². The molecule has 142 valence electrons. The first-order chi connectivity index (χ1) is 12.4. The lowest BCUT2D eigenvalue weighted by Crippen LogP contribution is -2.48. The normalized spacial score (nSPS) is 24.8. The van der Waals surface area contributed by atoms with Gasteiger partial charge in [0.25, 0.3) is 0 Å². The molecule has 1 aliphatic heterocycles. The Balaban J connectivity index is 2.36. The van der Waals surface area contributed by atoms with Crippen LogP contribution in [0.3, 0.4) is 0 Å². The van der Waals surface area contributed by atoms with E-state index in [1.54, 1.807) is 36.0 Å². The molecular weight excluding hydrogens is 342 g/mol. The van der Waals surface area contributed by atoms with Crippen LogP contribution < -0.4 is 4.57 Å². The molecule has 4 atom stereocenters. The minimum Gasteiger partial charge on any atom is -0.462 e. The first-order valence-corrected chi connectivity index (χ1v) is 8.55. The second-order valence-corrected chi connectivity index (χ2v) is 5.88. The first-order valence-electron chi connectivity index (χ1n) is 8.55. The number of hydrogen-bond acceptors (Lipinski definition) is 7. The summed E-state index contributed by atoms with van der Waals surface area (Å²) in [5, 5.41) is 0. The minimum absolute atomic E-state index is 0.260. The van der Waals surface area contributed by atoms with Crippen molar-refractivity contribution in [1.82, 2.24) is 0 Å². The molecule has 2 heterocycles. The quantitative estimate of drug-likeness (QED) is 0.426. The zero-order chi connectivity index (χ0) is 19.3. The van der Waals surface area contributed by atoms with Crippen LogP contribution >= 0.6 is 0 Å². The van der Waals surface area contributed by atoms with Gasteiger partial charge in [0.05, 0.1) is 6.61 Å². The summed E-state index contributed by atoms with van der Waals surface area (Å²) in [6.45, 7) is 6.44. The number of aromatic nitrogens is 1. The summed E-state index contributed by atoms with van der Waals surface area (Å²) in [7, 11) is 0. The van der Waals surface area contributed by atoms with Gasteiger partial charge in [-0.2, -0.15) is 4.57 Å². The first kappa shape index (κ1) is 19.8. The molecule has 0 bridgehead atoms. The fourth-order valence-electron chi connectivity index (χ4n) is 2.91. The van der Waals surface area contributed by atoms with Crippen LogP contribution in [0.1, 0.15) is 50.7 Å². The lowest BCUT2D eigenvalue weighted by atomic mass is 10.1. The van der Waals surface area contributed by atoms with Gasteiger partial charge in [-0.25, -0.2) is 4.79 Å². The van der Waals surface area contributed by atoms with Crippen LogP contribution in [-0.2, 0) is 28.5 Å². The Hall–Kier alpha value is -2.48. The Kier molecular flexibility index (Phi) is 6.68. The zero-order valence-electron chi connectivity index (χ0n) is 15.3. The van der Waals surface area contributed by atoms with Gasteiger partial charge in [0.1, 0.15) is 11.7 Å². The second kappa shape index (κ2) is 8.75. The number of esters is 3. The molecule has 0 N–H and O–H groups in total. The van der Waals surface area contributed by atoms with Gasteiger partial charge in [-0.15, -0.1) is 0 Å². The molecule has 1 unspecified atom stereocenters. The van der Waals surface area contributed by atoms with Gasteiger partial charge in [-0.3, -0.25) is 9.59 Å². The summed E-state index contributed by atoms with van der Waals surface area (Å²) in [5.41, 5.74) is 0.337. The fourth-order valence-corrected chi connectivity index (χ4v) is 2.91. The number of ether oxygens (including phenoxy) is 4. The zero-order valence-corrected chi connectivity index (χ0v) is 15.3. The van der Waals surface area contributed by atoms with Crippen LogP contribution in [0.4, 0.5) is 0 Å². The van der Waals surface area contributed by atoms with Crippen molar-refractivity contribution >= 4 is 17.9 Å². The van der Waals surface area contributed by atoms with Gasteiger partial charge in [-0.05, 0) is 19.4 Å². The van der Waals surface area contributed by atoms with Crippen molar-refractivity contribution < 1.29 is 37.9 Å². The van der Waals surface area contributed by atoms with Gasteiger partial charge < -0.3 is 18.9 Å². The summed E-state index contributed by atoms with van der Waals surface area (Å²) >= 11 is 0. The molecule has 8 heteroatoms. The van der Waals surface area contributed by atoms with Crippen LogP contribution in [0.25, 0.3) is 0 Å². The maximum atomic E-state index is 12.0. The van der Waals surface area contributed by atoms with E-state index >= 15 is 0 Å². The highest BCUT2D eigenvalue weighted by Gasteiger charge is 2.53. The van der Waals surface area contributed by atoms with Crippen molar-refractivity contribution in [2.75, 3.05) is 6.61 Å². The van der Waals surface area contributed by atoms with Crippen molar-refractivity contribution in [3.63, 3.8) is 0 Å². The third-order valence-corrected chi connectivity index (χ3v) is 3.92. The number of hydrogen-bond donors (Lipinski definition) is 0. The average Bonchev–Trinajstić information content (AvgIpc) is 2.91. The van der Waals surface area contributed by atoms with Crippen LogP contribution in [0.15, 0.2) is 24.5 Å². The van der Waals surface area contributed by atoms with E-state index in [9.17, 15) is 14.4 Å². The molecule has 0 saturated carbocycles. The standard InChI is InChI=1S/C18H24NO7/c1-5-14-15(24-11(3)20)16(25-12(4)21)17(26-14)19-9-7-8-13(10-19)18(22)23-6-2/h7-10,14-17H,5-6H2,1-4H3/q+1/t14-,15+,16?,17-/m1/s1. The van der Waals surface area contributed by atoms with Crippen LogP contribution in [-0.4, -0.2) is 42.8 Å². The molecule has 26 heavy (non-hydrogen) atoms. The molecule has 1 aliphatic rings. The van der Waals surface area contributed by atoms with Gasteiger partial charge in [0, 0.05) is 19.9 Å². The summed E-state index contributed by atoms with van der Waals surface area (Å²) in [6.07, 6.45) is 1.07. The van der Waals surface area contributed by atoms with Crippen molar-refractivity contribution in [3.05, 3.63) is 30.1 Å². The number of rotatable bonds is 6. The number of pyridine rings is 1. The molecule has 1 aromatic heterocycles. The van der Waals surface area contributed by atoms with Crippen molar-refractivity contribution in [1.29, 1.82) is 0 Å². The Morgan fingerprint density at radius 1 is 1.12 bits per heavy atom. The molecule has 2 rings (SSSR count). The number of carbonyl (C=O) groups excluding carboxylic acids is 3. The van der Waals surface area contributed by atoms with Gasteiger partial charge in [-0.1, -0.05) is 6.92 Å². The molecule has 1 saturated heterocycles. The summed E-state index contributed by atoms with van der Waals surface area (Å²) in [5.74, 6) is -1.47. The topological polar surface area (TPSA) is 92.0 Å². The van der Waals surface area contributed by atoms with E-state index in [1.165, 1.54) is 13.8 Å². The Labute approximate surface area is 152 Å². The van der Waals surface area contributed by atoms with E-state index in [0.717, 1.165) is 0 Å². The molecule has 1 fully saturated rings. The highest BCUT2D eigenvalue weighted by Crippen LogP contribution is 2.32. The second-order valence-electron chi connectivity index (χ2n) is 5.88. The maximum absolute atomic E-state index is 12.0. The highest BCUT2D eigenvalue weighted by molar-refractivity contribution is 5.88. The van der Waals surface area contributed by atoms with E-state index in [0.29, 0.717) is 12.0 Å². The van der Waals surface area contributed by atoms with E-state index in [4.69, 9.17) is 18.9 Å². The van der Waals surface area contributed by atoms with Crippen molar-refractivity contribution in [2.45, 2.75) is 58.7 Å². The molecule has 0 aromatic carbocycles. The molecule has 8 nitrogen and oxygen atoms in total. The molecule has 0 amide bonds. The molecule has 0 aliphatic carbocycles. The van der Waals surface area contributed by atoms with Crippen molar-refractivity contribution in [2.24, 2.45) is 0 Å². The van der Waals surface area contributed by atoms with Gasteiger partial charge >= 0.3 is 24.1 Å². The van der Waals surface area contributed by atoms with Crippen molar-refractivity contribution in [3.8, 4) is 0 Å². The van der Waals surface area contributed by atoms with Gasteiger partial charge in [0.15, 0.2) is 18.5 Å². The van der Waals surface area contributed by atoms with Crippen LogP contribution in [0.5, 0.6) is 0 Å². The van der Waals surface area contributed by atoms with Gasteiger partial charge in [0.2, 0.25) is 6.10 Å². The average molecular weight is 366 g/mol. The predicted octanol–water partition coefficient (Wildman–Crippen LogP) is 1.32. The molecule has 0 radical (unpaired) electrons. The molecular formula is C18H24NO7+. The number of nitrogens with zero attached hydrogens (tertiary/aromatic N) is 1. The molecule has 0 spiro atoms. The maximum Gasteiger partial charge on any atom is 0.344 e. The summed E-state index contributed by atoms with van der Waals surface area (Å²) in [4.78, 5) is 35.0. The van der Waals surface area contributed by atoms with E-state index in [1.807, 2.05) is 6.92 Å². The van der Waals surface area contributed by atoms with Crippen LogP contribution in [0.2, 0.25) is 0 Å². The molecule has 1 aromatic rings. The Bertz CT molecular complexity index is 675. The van der Waals surface area contributed by atoms with E-state index < -0.39 is 42.4 Å². The largest absolute Gasteiger partial charge is 0.462 e. The smallest absolute Gasteiger partial charge is 0.344 e. The minimum atomic E-state index is -0.830. The fraction of sp³-hybridized carbons (Fsp3) is 0.556. The summed E-state index contributed by atoms with van der Waals surface area (Å²) < 4.78 is 23.3. The monoisotopic (exact) mass is 366 g/mol. The summed E-state index contributed by atoms with van der Waals surface area (Å²) in [6, 6.07) is 3.28. The lowest BCUT2D eigenvalue weighted by Gasteiger charge is -2.21. The SMILES string of the molecule is CCOC(=O)c1ccc[n+]([C@@H]2O[C@H](CC)[C@H](OC(C)=O)C2OC(C)=O)c1. The number of carbonyl (C=O) groups is 3. The third-order valence-electron chi connectivity index (χ3n) is 3.92. The Morgan fingerprint density at radius 3 is 2.35 bits per heavy atom. The lowest BCUT2D eigenvalue weighted by molar-refractivity contribution is -0.765. The predicted molar refractivity (Wildman–Crippen MR) is 87.9 cm³/mol. The third kappa shape index (κ3) is 4.57.